The standard InChI is InChI=1S/C20H26O5/c1-12(2)15(11-21)20(13-5-7-16(22)18(9-13)24-3)14-6-8-17(23)19(10-14)25-4/h5-10,12,15,20-23H,11H2,1-4H3/t15-/m1/s1. The second kappa shape index (κ2) is 8.12. The molecule has 2 rings (SSSR count). The molecule has 0 radical (unpaired) electrons. The smallest absolute Gasteiger partial charge is 0.160 e. The lowest BCUT2D eigenvalue weighted by molar-refractivity contribution is 0.175. The lowest BCUT2D eigenvalue weighted by atomic mass is 9.75. The maximum absolute atomic E-state index is 9.99. The first-order valence-electron chi connectivity index (χ1n) is 8.27. The van der Waals surface area contributed by atoms with Crippen LogP contribution in [0.4, 0.5) is 0 Å². The molecule has 0 aliphatic rings. The number of rotatable bonds is 7. The Morgan fingerprint density at radius 3 is 1.60 bits per heavy atom. The third-order valence-corrected chi connectivity index (χ3v) is 4.62. The summed E-state index contributed by atoms with van der Waals surface area (Å²) in [6.45, 7) is 4.13. The van der Waals surface area contributed by atoms with Gasteiger partial charge in [0.25, 0.3) is 0 Å². The molecule has 0 fully saturated rings. The van der Waals surface area contributed by atoms with Gasteiger partial charge in [-0.05, 0) is 47.2 Å². The molecule has 2 aromatic carbocycles. The fourth-order valence-electron chi connectivity index (χ4n) is 3.16. The Hall–Kier alpha value is -2.40. The summed E-state index contributed by atoms with van der Waals surface area (Å²) in [5, 5.41) is 29.8. The predicted octanol–water partition coefficient (Wildman–Crippen LogP) is 3.51. The van der Waals surface area contributed by atoms with Crippen LogP contribution >= 0.6 is 0 Å². The summed E-state index contributed by atoms with van der Waals surface area (Å²) < 4.78 is 10.5. The fourth-order valence-corrected chi connectivity index (χ4v) is 3.16. The number of methoxy groups -OCH3 is 2. The quantitative estimate of drug-likeness (QED) is 0.715. The highest BCUT2D eigenvalue weighted by molar-refractivity contribution is 5.49. The third kappa shape index (κ3) is 3.99. The van der Waals surface area contributed by atoms with Crippen LogP contribution in [0.25, 0.3) is 0 Å². The van der Waals surface area contributed by atoms with E-state index >= 15 is 0 Å². The van der Waals surface area contributed by atoms with Crippen LogP contribution in [0.1, 0.15) is 30.9 Å². The number of hydrogen-bond donors (Lipinski definition) is 3. The van der Waals surface area contributed by atoms with E-state index in [1.165, 1.54) is 14.2 Å². The minimum Gasteiger partial charge on any atom is -0.504 e. The van der Waals surface area contributed by atoms with Crippen molar-refractivity contribution in [3.8, 4) is 23.0 Å². The summed E-state index contributed by atoms with van der Waals surface area (Å²) in [4.78, 5) is 0. The molecule has 5 nitrogen and oxygen atoms in total. The highest BCUT2D eigenvalue weighted by atomic mass is 16.5. The van der Waals surface area contributed by atoms with E-state index in [1.807, 2.05) is 12.1 Å². The first kappa shape index (κ1) is 18.9. The second-order valence-electron chi connectivity index (χ2n) is 6.43. The van der Waals surface area contributed by atoms with Crippen molar-refractivity contribution in [1.82, 2.24) is 0 Å². The van der Waals surface area contributed by atoms with E-state index in [9.17, 15) is 15.3 Å². The van der Waals surface area contributed by atoms with E-state index in [0.29, 0.717) is 11.5 Å². The number of benzene rings is 2. The zero-order valence-corrected chi connectivity index (χ0v) is 15.1. The van der Waals surface area contributed by atoms with Crippen LogP contribution < -0.4 is 9.47 Å². The lowest BCUT2D eigenvalue weighted by Crippen LogP contribution is -2.23. The normalized spacial score (nSPS) is 12.4. The predicted molar refractivity (Wildman–Crippen MR) is 96.6 cm³/mol. The van der Waals surface area contributed by atoms with E-state index in [-0.39, 0.29) is 35.9 Å². The van der Waals surface area contributed by atoms with Crippen molar-refractivity contribution in [3.05, 3.63) is 47.5 Å². The molecule has 0 aromatic heterocycles. The Morgan fingerprint density at radius 2 is 1.28 bits per heavy atom. The number of aromatic hydroxyl groups is 2. The molecule has 0 unspecified atom stereocenters. The first-order chi connectivity index (χ1) is 11.9. The summed E-state index contributed by atoms with van der Waals surface area (Å²) in [5.74, 6) is 0.922. The average molecular weight is 346 g/mol. The summed E-state index contributed by atoms with van der Waals surface area (Å²) in [6, 6.07) is 10.4. The van der Waals surface area contributed by atoms with Gasteiger partial charge in [-0.15, -0.1) is 0 Å². The van der Waals surface area contributed by atoms with Crippen LogP contribution in [0.2, 0.25) is 0 Å². The van der Waals surface area contributed by atoms with E-state index in [2.05, 4.69) is 13.8 Å². The molecule has 0 spiro atoms. The van der Waals surface area contributed by atoms with E-state index < -0.39 is 0 Å². The number of phenols is 2. The largest absolute Gasteiger partial charge is 0.504 e. The van der Waals surface area contributed by atoms with Gasteiger partial charge in [0.1, 0.15) is 0 Å². The van der Waals surface area contributed by atoms with Gasteiger partial charge in [-0.3, -0.25) is 0 Å². The molecule has 0 aliphatic carbocycles. The van der Waals surface area contributed by atoms with Gasteiger partial charge in [0.15, 0.2) is 23.0 Å². The van der Waals surface area contributed by atoms with Crippen molar-refractivity contribution in [1.29, 1.82) is 0 Å². The van der Waals surface area contributed by atoms with E-state index in [1.54, 1.807) is 24.3 Å². The minimum atomic E-state index is -0.144. The van der Waals surface area contributed by atoms with Crippen molar-refractivity contribution < 1.29 is 24.8 Å². The molecule has 0 bridgehead atoms. The maximum atomic E-state index is 9.99. The zero-order chi connectivity index (χ0) is 18.6. The van der Waals surface area contributed by atoms with Gasteiger partial charge in [0, 0.05) is 12.5 Å². The van der Waals surface area contributed by atoms with Gasteiger partial charge < -0.3 is 24.8 Å². The number of aliphatic hydroxyl groups is 1. The van der Waals surface area contributed by atoms with Gasteiger partial charge in [0.05, 0.1) is 14.2 Å². The summed E-state index contributed by atoms with van der Waals surface area (Å²) in [6.07, 6.45) is 0. The Labute approximate surface area is 148 Å². The molecule has 25 heavy (non-hydrogen) atoms. The zero-order valence-electron chi connectivity index (χ0n) is 15.1. The number of hydrogen-bond acceptors (Lipinski definition) is 5. The monoisotopic (exact) mass is 346 g/mol. The molecule has 1 atom stereocenters. The lowest BCUT2D eigenvalue weighted by Gasteiger charge is -2.30. The van der Waals surface area contributed by atoms with Crippen molar-refractivity contribution in [2.45, 2.75) is 19.8 Å². The number of phenolic OH excluding ortho intramolecular Hbond substituents is 2. The van der Waals surface area contributed by atoms with Crippen molar-refractivity contribution in [2.75, 3.05) is 20.8 Å². The maximum Gasteiger partial charge on any atom is 0.160 e. The van der Waals surface area contributed by atoms with Crippen molar-refractivity contribution in [3.63, 3.8) is 0 Å². The molecular weight excluding hydrogens is 320 g/mol. The molecule has 0 heterocycles. The first-order valence-corrected chi connectivity index (χ1v) is 8.27. The Bertz CT molecular complexity index is 658. The SMILES string of the molecule is COc1cc(C(c2ccc(O)c(OC)c2)[C@H](CO)C(C)C)ccc1O. The Kier molecular flexibility index (Phi) is 6.15. The second-order valence-corrected chi connectivity index (χ2v) is 6.43. The van der Waals surface area contributed by atoms with Crippen molar-refractivity contribution in [2.24, 2.45) is 11.8 Å². The molecule has 0 saturated heterocycles. The van der Waals surface area contributed by atoms with Gasteiger partial charge >= 0.3 is 0 Å². The molecule has 2 aromatic rings. The van der Waals surface area contributed by atoms with Gasteiger partial charge in [-0.1, -0.05) is 26.0 Å². The number of ether oxygens (including phenoxy) is 2. The van der Waals surface area contributed by atoms with Crippen LogP contribution in [-0.4, -0.2) is 36.1 Å². The van der Waals surface area contributed by atoms with E-state index in [0.717, 1.165) is 11.1 Å². The van der Waals surface area contributed by atoms with Gasteiger partial charge in [-0.25, -0.2) is 0 Å². The molecule has 136 valence electrons. The molecule has 5 heteroatoms. The van der Waals surface area contributed by atoms with Crippen LogP contribution in [0, 0.1) is 11.8 Å². The molecule has 0 amide bonds. The summed E-state index contributed by atoms with van der Waals surface area (Å²) >= 11 is 0. The Morgan fingerprint density at radius 1 is 0.840 bits per heavy atom. The number of aliphatic hydroxyl groups excluding tert-OH is 1. The van der Waals surface area contributed by atoms with Crippen LogP contribution in [0.3, 0.4) is 0 Å². The Balaban J connectivity index is 2.61. The van der Waals surface area contributed by atoms with E-state index in [4.69, 9.17) is 9.47 Å². The van der Waals surface area contributed by atoms with Gasteiger partial charge in [0.2, 0.25) is 0 Å². The molecule has 0 aliphatic heterocycles. The minimum absolute atomic E-state index is 0.00865. The average Bonchev–Trinajstić information content (AvgIpc) is 2.60. The molecular formula is C20H26O5. The van der Waals surface area contributed by atoms with Crippen LogP contribution in [-0.2, 0) is 0 Å². The fraction of sp³-hybridized carbons (Fsp3) is 0.400. The summed E-state index contributed by atoms with van der Waals surface area (Å²) in [5.41, 5.74) is 1.82. The topological polar surface area (TPSA) is 79.2 Å². The highest BCUT2D eigenvalue weighted by Crippen LogP contribution is 2.41. The molecule has 0 saturated carbocycles. The van der Waals surface area contributed by atoms with Gasteiger partial charge in [-0.2, -0.15) is 0 Å². The third-order valence-electron chi connectivity index (χ3n) is 4.62. The van der Waals surface area contributed by atoms with Crippen LogP contribution in [0.5, 0.6) is 23.0 Å². The van der Waals surface area contributed by atoms with Crippen molar-refractivity contribution >= 4 is 0 Å². The molecule has 3 N–H and O–H groups in total. The summed E-state index contributed by atoms with van der Waals surface area (Å²) in [7, 11) is 3.01. The van der Waals surface area contributed by atoms with Crippen LogP contribution in [0.15, 0.2) is 36.4 Å². The highest BCUT2D eigenvalue weighted by Gasteiger charge is 2.28.